The van der Waals surface area contributed by atoms with E-state index in [1.54, 1.807) is 23.6 Å². The maximum atomic E-state index is 12.5. The lowest BCUT2D eigenvalue weighted by Gasteiger charge is -2.05. The zero-order chi connectivity index (χ0) is 18.7. The first-order chi connectivity index (χ1) is 12.5. The Morgan fingerprint density at radius 3 is 2.62 bits per heavy atom. The number of esters is 1. The van der Waals surface area contributed by atoms with E-state index in [0.717, 1.165) is 16.6 Å². The lowest BCUT2D eigenvalue weighted by atomic mass is 10.1. The molecule has 0 unspecified atom stereocenters. The molecule has 0 N–H and O–H groups in total. The number of benzene rings is 1. The average molecular weight is 368 g/mol. The first-order valence-electron chi connectivity index (χ1n) is 8.39. The second kappa shape index (κ2) is 7.74. The number of pyridine rings is 1. The minimum Gasteiger partial charge on any atom is -0.462 e. The van der Waals surface area contributed by atoms with E-state index < -0.39 is 5.97 Å². The van der Waals surface area contributed by atoms with Gasteiger partial charge in [-0.3, -0.25) is 4.79 Å². The molecule has 5 nitrogen and oxygen atoms in total. The molecule has 6 heteroatoms. The Morgan fingerprint density at radius 2 is 1.92 bits per heavy atom. The average Bonchev–Trinajstić information content (AvgIpc) is 2.99. The number of thioether (sulfide) groups is 1. The van der Waals surface area contributed by atoms with Gasteiger partial charge in [0.15, 0.2) is 5.78 Å². The Labute approximate surface area is 156 Å². The molecular weight excluding hydrogens is 348 g/mol. The molecule has 0 aliphatic rings. The molecule has 2 heterocycles. The van der Waals surface area contributed by atoms with Crippen molar-refractivity contribution in [2.24, 2.45) is 0 Å². The summed E-state index contributed by atoms with van der Waals surface area (Å²) >= 11 is 1.26. The number of aromatic nitrogens is 2. The minimum absolute atomic E-state index is 0.00429. The molecule has 1 aromatic carbocycles. The van der Waals surface area contributed by atoms with E-state index in [0.29, 0.717) is 16.2 Å². The summed E-state index contributed by atoms with van der Waals surface area (Å²) in [6, 6.07) is 11.1. The van der Waals surface area contributed by atoms with Crippen LogP contribution in [0.1, 0.15) is 38.8 Å². The zero-order valence-electron chi connectivity index (χ0n) is 15.0. The number of rotatable bonds is 6. The molecule has 26 heavy (non-hydrogen) atoms. The number of fused-ring (bicyclic) bond motifs is 1. The molecule has 0 saturated heterocycles. The first kappa shape index (κ1) is 18.2. The van der Waals surface area contributed by atoms with Crippen molar-refractivity contribution in [1.29, 1.82) is 0 Å². The van der Waals surface area contributed by atoms with Gasteiger partial charge in [0.1, 0.15) is 10.6 Å². The topological polar surface area (TPSA) is 60.7 Å². The van der Waals surface area contributed by atoms with Crippen molar-refractivity contribution in [2.75, 3.05) is 12.4 Å². The predicted octanol–water partition coefficient (Wildman–Crippen LogP) is 4.10. The Morgan fingerprint density at radius 1 is 1.19 bits per heavy atom. The van der Waals surface area contributed by atoms with Crippen molar-refractivity contribution in [3.8, 4) is 0 Å². The molecular formula is C20H20N2O3S. The predicted molar refractivity (Wildman–Crippen MR) is 102 cm³/mol. The van der Waals surface area contributed by atoms with Crippen LogP contribution in [0.3, 0.4) is 0 Å². The molecule has 3 rings (SSSR count). The molecule has 0 spiro atoms. The van der Waals surface area contributed by atoms with Gasteiger partial charge < -0.3 is 4.74 Å². The van der Waals surface area contributed by atoms with E-state index >= 15 is 0 Å². The van der Waals surface area contributed by atoms with E-state index in [4.69, 9.17) is 4.74 Å². The third kappa shape index (κ3) is 3.65. The third-order valence-electron chi connectivity index (χ3n) is 3.94. The summed E-state index contributed by atoms with van der Waals surface area (Å²) in [4.78, 5) is 24.9. The fourth-order valence-corrected chi connectivity index (χ4v) is 3.76. The highest BCUT2D eigenvalue weighted by atomic mass is 32.2. The maximum Gasteiger partial charge on any atom is 0.343 e. The fraction of sp³-hybridized carbons (Fsp3) is 0.250. The summed E-state index contributed by atoms with van der Waals surface area (Å²) in [6.07, 6.45) is 1.87. The number of Topliss-reactive ketones (excluding diaryl/α,β-unsaturated/α-hetero) is 1. The van der Waals surface area contributed by atoms with E-state index in [-0.39, 0.29) is 18.1 Å². The molecule has 0 aliphatic carbocycles. The highest BCUT2D eigenvalue weighted by Gasteiger charge is 2.23. The standard InChI is InChI=1S/C20H20N2O3S/c1-4-25-20(24)17-18-14(3)10-13(2)11-22(18)21-19(17)26-12-16(23)15-8-6-5-7-9-15/h5-11H,4,12H2,1-3H3. The highest BCUT2D eigenvalue weighted by molar-refractivity contribution is 8.00. The fourth-order valence-electron chi connectivity index (χ4n) is 2.85. The molecule has 0 aliphatic heterocycles. The van der Waals surface area contributed by atoms with E-state index in [9.17, 15) is 9.59 Å². The summed E-state index contributed by atoms with van der Waals surface area (Å²) in [7, 11) is 0. The third-order valence-corrected chi connectivity index (χ3v) is 4.90. The zero-order valence-corrected chi connectivity index (χ0v) is 15.8. The van der Waals surface area contributed by atoms with Crippen LogP contribution < -0.4 is 0 Å². The Kier molecular flexibility index (Phi) is 5.42. The van der Waals surface area contributed by atoms with Crippen molar-refractivity contribution in [3.05, 3.63) is 64.8 Å². The SMILES string of the molecule is CCOC(=O)c1c(SCC(=O)c2ccccc2)nn2cc(C)cc(C)c12. The number of hydrogen-bond acceptors (Lipinski definition) is 5. The minimum atomic E-state index is -0.413. The van der Waals surface area contributed by atoms with Crippen LogP contribution in [-0.4, -0.2) is 33.7 Å². The molecule has 134 valence electrons. The van der Waals surface area contributed by atoms with Crippen molar-refractivity contribution >= 4 is 29.0 Å². The van der Waals surface area contributed by atoms with Gasteiger partial charge in [-0.1, -0.05) is 48.2 Å². The Hall–Kier alpha value is -2.60. The van der Waals surface area contributed by atoms with Crippen LogP contribution >= 0.6 is 11.8 Å². The van der Waals surface area contributed by atoms with Crippen molar-refractivity contribution in [3.63, 3.8) is 0 Å². The highest BCUT2D eigenvalue weighted by Crippen LogP contribution is 2.29. The van der Waals surface area contributed by atoms with Gasteiger partial charge in [0, 0.05) is 11.8 Å². The normalized spacial score (nSPS) is 10.9. The van der Waals surface area contributed by atoms with Gasteiger partial charge in [-0.05, 0) is 31.9 Å². The molecule has 2 aromatic heterocycles. The molecule has 0 amide bonds. The van der Waals surface area contributed by atoms with Gasteiger partial charge in [0.05, 0.1) is 17.9 Å². The van der Waals surface area contributed by atoms with Gasteiger partial charge in [-0.2, -0.15) is 5.10 Å². The van der Waals surface area contributed by atoms with Gasteiger partial charge in [-0.15, -0.1) is 0 Å². The van der Waals surface area contributed by atoms with Crippen LogP contribution in [0, 0.1) is 13.8 Å². The van der Waals surface area contributed by atoms with E-state index in [1.807, 2.05) is 44.3 Å². The van der Waals surface area contributed by atoms with Crippen molar-refractivity contribution < 1.29 is 14.3 Å². The molecule has 0 bridgehead atoms. The number of ether oxygens (including phenoxy) is 1. The monoisotopic (exact) mass is 368 g/mol. The second-order valence-electron chi connectivity index (χ2n) is 5.97. The maximum absolute atomic E-state index is 12.5. The lowest BCUT2D eigenvalue weighted by molar-refractivity contribution is 0.0524. The van der Waals surface area contributed by atoms with Crippen LogP contribution in [0.5, 0.6) is 0 Å². The quantitative estimate of drug-likeness (QED) is 0.372. The van der Waals surface area contributed by atoms with Gasteiger partial charge >= 0.3 is 5.97 Å². The lowest BCUT2D eigenvalue weighted by Crippen LogP contribution is -2.07. The summed E-state index contributed by atoms with van der Waals surface area (Å²) < 4.78 is 6.92. The summed E-state index contributed by atoms with van der Waals surface area (Å²) in [6.45, 7) is 5.97. The number of aryl methyl sites for hydroxylation is 2. The number of nitrogens with zero attached hydrogens (tertiary/aromatic N) is 2. The van der Waals surface area contributed by atoms with Crippen LogP contribution in [-0.2, 0) is 4.74 Å². The number of carbonyl (C=O) groups excluding carboxylic acids is 2. The van der Waals surface area contributed by atoms with E-state index in [1.165, 1.54) is 11.8 Å². The van der Waals surface area contributed by atoms with E-state index in [2.05, 4.69) is 5.10 Å². The summed E-state index contributed by atoms with van der Waals surface area (Å²) in [5.41, 5.74) is 3.79. The van der Waals surface area contributed by atoms with Crippen LogP contribution in [0.25, 0.3) is 5.52 Å². The molecule has 0 fully saturated rings. The van der Waals surface area contributed by atoms with Crippen LogP contribution in [0.4, 0.5) is 0 Å². The van der Waals surface area contributed by atoms with Gasteiger partial charge in [0.2, 0.25) is 0 Å². The van der Waals surface area contributed by atoms with Crippen LogP contribution in [0.15, 0.2) is 47.6 Å². The summed E-state index contributed by atoms with van der Waals surface area (Å²) in [5.74, 6) is -0.210. The number of ketones is 1. The molecule has 0 saturated carbocycles. The number of hydrogen-bond donors (Lipinski definition) is 0. The van der Waals surface area contributed by atoms with Gasteiger partial charge in [0.25, 0.3) is 0 Å². The molecule has 0 atom stereocenters. The first-order valence-corrected chi connectivity index (χ1v) is 9.37. The Balaban J connectivity index is 1.96. The number of carbonyl (C=O) groups is 2. The largest absolute Gasteiger partial charge is 0.462 e. The summed E-state index contributed by atoms with van der Waals surface area (Å²) in [5, 5.41) is 5.05. The van der Waals surface area contributed by atoms with Crippen LogP contribution in [0.2, 0.25) is 0 Å². The van der Waals surface area contributed by atoms with Gasteiger partial charge in [-0.25, -0.2) is 9.31 Å². The molecule has 3 aromatic rings. The Bertz CT molecular complexity index is 964. The smallest absolute Gasteiger partial charge is 0.343 e. The molecule has 0 radical (unpaired) electrons. The van der Waals surface area contributed by atoms with Crippen molar-refractivity contribution in [2.45, 2.75) is 25.8 Å². The second-order valence-corrected chi connectivity index (χ2v) is 6.94. The van der Waals surface area contributed by atoms with Crippen molar-refractivity contribution in [1.82, 2.24) is 9.61 Å².